The van der Waals surface area contributed by atoms with Gasteiger partial charge in [-0.25, -0.2) is 9.97 Å². The number of nitrogens with zero attached hydrogens (tertiary/aromatic N) is 4. The van der Waals surface area contributed by atoms with Crippen molar-refractivity contribution in [2.45, 2.75) is 25.8 Å². The van der Waals surface area contributed by atoms with E-state index in [0.717, 1.165) is 45.0 Å². The lowest BCUT2D eigenvalue weighted by Crippen LogP contribution is -2.31. The molecule has 5 nitrogen and oxygen atoms in total. The van der Waals surface area contributed by atoms with Crippen molar-refractivity contribution in [2.75, 3.05) is 39.3 Å². The standard InChI is InChI=1S/C14H25N5/c15-5-1-2-8-18-9-4-10-19(12-11-18)13-14-16-6-3-7-17-14/h3,6-7H,1-2,4-5,8-13,15H2. The van der Waals surface area contributed by atoms with Crippen LogP contribution in [0.15, 0.2) is 18.5 Å². The average molecular weight is 263 g/mol. The summed E-state index contributed by atoms with van der Waals surface area (Å²) in [5, 5.41) is 0. The van der Waals surface area contributed by atoms with Gasteiger partial charge < -0.3 is 10.6 Å². The van der Waals surface area contributed by atoms with E-state index in [1.807, 2.05) is 18.5 Å². The van der Waals surface area contributed by atoms with Gasteiger partial charge >= 0.3 is 0 Å². The fourth-order valence-corrected chi connectivity index (χ4v) is 2.50. The molecule has 1 saturated heterocycles. The van der Waals surface area contributed by atoms with E-state index in [1.54, 1.807) is 0 Å². The molecule has 2 N–H and O–H groups in total. The maximum Gasteiger partial charge on any atom is 0.142 e. The van der Waals surface area contributed by atoms with Crippen LogP contribution >= 0.6 is 0 Å². The largest absolute Gasteiger partial charge is 0.330 e. The molecule has 1 aromatic heterocycles. The molecule has 0 aliphatic carbocycles. The number of unbranched alkanes of at least 4 members (excludes halogenated alkanes) is 1. The van der Waals surface area contributed by atoms with Crippen molar-refractivity contribution >= 4 is 0 Å². The van der Waals surface area contributed by atoms with Crippen LogP contribution in [-0.4, -0.2) is 59.0 Å². The van der Waals surface area contributed by atoms with Gasteiger partial charge in [-0.15, -0.1) is 0 Å². The van der Waals surface area contributed by atoms with Gasteiger partial charge in [0.25, 0.3) is 0 Å². The molecule has 0 radical (unpaired) electrons. The van der Waals surface area contributed by atoms with Gasteiger partial charge in [-0.2, -0.15) is 0 Å². The molecular weight excluding hydrogens is 238 g/mol. The van der Waals surface area contributed by atoms with Crippen LogP contribution in [0.5, 0.6) is 0 Å². The maximum absolute atomic E-state index is 5.54. The lowest BCUT2D eigenvalue weighted by Gasteiger charge is -2.21. The molecule has 0 unspecified atom stereocenters. The minimum atomic E-state index is 0.811. The lowest BCUT2D eigenvalue weighted by molar-refractivity contribution is 0.245. The molecular formula is C14H25N5. The van der Waals surface area contributed by atoms with Gasteiger partial charge in [0.2, 0.25) is 0 Å². The van der Waals surface area contributed by atoms with Gasteiger partial charge in [0.15, 0.2) is 0 Å². The Labute approximate surface area is 115 Å². The average Bonchev–Trinajstić information content (AvgIpc) is 2.66. The molecule has 0 aromatic carbocycles. The highest BCUT2D eigenvalue weighted by Crippen LogP contribution is 2.07. The van der Waals surface area contributed by atoms with Crippen LogP contribution in [0.25, 0.3) is 0 Å². The molecule has 2 heterocycles. The first kappa shape index (κ1) is 14.4. The molecule has 0 amide bonds. The fourth-order valence-electron chi connectivity index (χ4n) is 2.50. The highest BCUT2D eigenvalue weighted by molar-refractivity contribution is 4.88. The molecule has 1 fully saturated rings. The zero-order valence-electron chi connectivity index (χ0n) is 11.7. The predicted octanol–water partition coefficient (Wildman–Crippen LogP) is 0.723. The Bertz CT molecular complexity index is 343. The van der Waals surface area contributed by atoms with Crippen LogP contribution in [-0.2, 0) is 6.54 Å². The molecule has 2 rings (SSSR count). The molecule has 0 bridgehead atoms. The summed E-state index contributed by atoms with van der Waals surface area (Å²) in [7, 11) is 0. The van der Waals surface area contributed by atoms with E-state index in [1.165, 1.54) is 25.9 Å². The van der Waals surface area contributed by atoms with Gasteiger partial charge in [-0.05, 0) is 51.5 Å². The minimum Gasteiger partial charge on any atom is -0.330 e. The Morgan fingerprint density at radius 2 is 1.74 bits per heavy atom. The van der Waals surface area contributed by atoms with Gasteiger partial charge in [0.05, 0.1) is 6.54 Å². The first-order valence-electron chi connectivity index (χ1n) is 7.29. The third-order valence-corrected chi connectivity index (χ3v) is 3.59. The van der Waals surface area contributed by atoms with Gasteiger partial charge in [-0.1, -0.05) is 0 Å². The number of hydrogen-bond donors (Lipinski definition) is 1. The van der Waals surface area contributed by atoms with Crippen molar-refractivity contribution in [3.8, 4) is 0 Å². The van der Waals surface area contributed by atoms with Crippen LogP contribution in [0.3, 0.4) is 0 Å². The Morgan fingerprint density at radius 3 is 2.53 bits per heavy atom. The summed E-state index contributed by atoms with van der Waals surface area (Å²) in [4.78, 5) is 13.6. The zero-order chi connectivity index (χ0) is 13.3. The van der Waals surface area contributed by atoms with Crippen LogP contribution in [0.4, 0.5) is 0 Å². The summed E-state index contributed by atoms with van der Waals surface area (Å²) >= 11 is 0. The third-order valence-electron chi connectivity index (χ3n) is 3.59. The summed E-state index contributed by atoms with van der Waals surface area (Å²) in [5.41, 5.74) is 5.54. The molecule has 0 atom stereocenters. The number of nitrogens with two attached hydrogens (primary N) is 1. The molecule has 0 saturated carbocycles. The second-order valence-corrected chi connectivity index (χ2v) is 5.13. The highest BCUT2D eigenvalue weighted by Gasteiger charge is 2.15. The van der Waals surface area contributed by atoms with Gasteiger partial charge in [0.1, 0.15) is 5.82 Å². The third kappa shape index (κ3) is 5.22. The van der Waals surface area contributed by atoms with E-state index in [0.29, 0.717) is 0 Å². The number of aromatic nitrogens is 2. The molecule has 1 aliphatic heterocycles. The quantitative estimate of drug-likeness (QED) is 0.767. The van der Waals surface area contributed by atoms with Crippen LogP contribution in [0.1, 0.15) is 25.1 Å². The fraction of sp³-hybridized carbons (Fsp3) is 0.714. The normalized spacial score (nSPS) is 18.4. The van der Waals surface area contributed by atoms with Crippen molar-refractivity contribution in [3.63, 3.8) is 0 Å². The lowest BCUT2D eigenvalue weighted by atomic mass is 10.3. The van der Waals surface area contributed by atoms with Gasteiger partial charge in [0, 0.05) is 25.5 Å². The van der Waals surface area contributed by atoms with Crippen molar-refractivity contribution < 1.29 is 0 Å². The Balaban J connectivity index is 1.74. The summed E-state index contributed by atoms with van der Waals surface area (Å²) in [6.45, 7) is 7.48. The Hall–Kier alpha value is -1.04. The van der Waals surface area contributed by atoms with Crippen LogP contribution in [0.2, 0.25) is 0 Å². The monoisotopic (exact) mass is 263 g/mol. The molecule has 1 aromatic rings. The van der Waals surface area contributed by atoms with Crippen molar-refractivity contribution in [1.29, 1.82) is 0 Å². The molecule has 106 valence electrons. The smallest absolute Gasteiger partial charge is 0.142 e. The van der Waals surface area contributed by atoms with E-state index in [4.69, 9.17) is 5.73 Å². The predicted molar refractivity (Wildman–Crippen MR) is 76.7 cm³/mol. The zero-order valence-corrected chi connectivity index (χ0v) is 11.7. The highest BCUT2D eigenvalue weighted by atomic mass is 15.2. The first-order valence-corrected chi connectivity index (χ1v) is 7.29. The van der Waals surface area contributed by atoms with Crippen LogP contribution in [0, 0.1) is 0 Å². The van der Waals surface area contributed by atoms with Crippen LogP contribution < -0.4 is 5.73 Å². The van der Waals surface area contributed by atoms with E-state index in [2.05, 4.69) is 19.8 Å². The molecule has 1 aliphatic rings. The summed E-state index contributed by atoms with van der Waals surface area (Å²) in [6, 6.07) is 1.87. The molecule has 5 heteroatoms. The molecule has 0 spiro atoms. The molecule has 19 heavy (non-hydrogen) atoms. The second kappa shape index (κ2) is 8.19. The van der Waals surface area contributed by atoms with E-state index in [-0.39, 0.29) is 0 Å². The van der Waals surface area contributed by atoms with Crippen molar-refractivity contribution in [2.24, 2.45) is 5.73 Å². The maximum atomic E-state index is 5.54. The topological polar surface area (TPSA) is 58.3 Å². The van der Waals surface area contributed by atoms with Gasteiger partial charge in [-0.3, -0.25) is 4.90 Å². The van der Waals surface area contributed by atoms with E-state index < -0.39 is 0 Å². The SMILES string of the molecule is NCCCCN1CCCN(Cc2ncccn2)CC1. The summed E-state index contributed by atoms with van der Waals surface area (Å²) in [5.74, 6) is 0.930. The number of hydrogen-bond acceptors (Lipinski definition) is 5. The second-order valence-electron chi connectivity index (χ2n) is 5.13. The Morgan fingerprint density at radius 1 is 1.00 bits per heavy atom. The van der Waals surface area contributed by atoms with E-state index in [9.17, 15) is 0 Å². The number of rotatable bonds is 6. The summed E-state index contributed by atoms with van der Waals surface area (Å²) < 4.78 is 0. The first-order chi connectivity index (χ1) is 9.38. The minimum absolute atomic E-state index is 0.811. The van der Waals surface area contributed by atoms with Crippen molar-refractivity contribution in [3.05, 3.63) is 24.3 Å². The van der Waals surface area contributed by atoms with Crippen molar-refractivity contribution in [1.82, 2.24) is 19.8 Å². The Kier molecular flexibility index (Phi) is 6.20. The summed E-state index contributed by atoms with van der Waals surface area (Å²) in [6.07, 6.45) is 7.23. The van der Waals surface area contributed by atoms with E-state index >= 15 is 0 Å².